The molecule has 0 heterocycles. The summed E-state index contributed by atoms with van der Waals surface area (Å²) >= 11 is 12.0. The van der Waals surface area contributed by atoms with Crippen molar-refractivity contribution in [2.45, 2.75) is 27.2 Å². The van der Waals surface area contributed by atoms with Crippen molar-refractivity contribution < 1.29 is 5.11 Å². The van der Waals surface area contributed by atoms with Crippen LogP contribution in [-0.2, 0) is 6.42 Å². The van der Waals surface area contributed by atoms with Crippen LogP contribution in [0.1, 0.15) is 23.6 Å². The predicted molar refractivity (Wildman–Crippen MR) is 57.0 cm³/mol. The highest BCUT2D eigenvalue weighted by Crippen LogP contribution is 2.38. The van der Waals surface area contributed by atoms with E-state index in [1.54, 1.807) is 6.92 Å². The Labute approximate surface area is 88.3 Å². The van der Waals surface area contributed by atoms with E-state index in [1.807, 2.05) is 13.8 Å². The van der Waals surface area contributed by atoms with Gasteiger partial charge in [-0.2, -0.15) is 0 Å². The molecule has 0 atom stereocenters. The quantitative estimate of drug-likeness (QED) is 0.759. The molecule has 0 saturated heterocycles. The van der Waals surface area contributed by atoms with Crippen LogP contribution in [0.15, 0.2) is 0 Å². The van der Waals surface area contributed by atoms with Gasteiger partial charge < -0.3 is 5.11 Å². The van der Waals surface area contributed by atoms with Crippen LogP contribution in [0.3, 0.4) is 0 Å². The summed E-state index contributed by atoms with van der Waals surface area (Å²) in [6, 6.07) is 0. The fourth-order valence-electron chi connectivity index (χ4n) is 1.41. The number of halogens is 2. The molecule has 1 rings (SSSR count). The number of aromatic hydroxyl groups is 1. The fraction of sp³-hybridized carbons (Fsp3) is 0.400. The minimum atomic E-state index is 0.106. The number of hydrogen-bond acceptors (Lipinski definition) is 1. The molecule has 0 spiro atoms. The second-order valence-corrected chi connectivity index (χ2v) is 3.81. The van der Waals surface area contributed by atoms with Gasteiger partial charge in [-0.25, -0.2) is 0 Å². The zero-order valence-electron chi connectivity index (χ0n) is 7.91. The van der Waals surface area contributed by atoms with Gasteiger partial charge in [0.05, 0.1) is 10.0 Å². The maximum Gasteiger partial charge on any atom is 0.138 e. The number of phenolic OH excluding ortho intramolecular Hbond substituents is 1. The van der Waals surface area contributed by atoms with E-state index in [0.717, 1.165) is 17.5 Å². The van der Waals surface area contributed by atoms with E-state index >= 15 is 0 Å². The number of benzene rings is 1. The van der Waals surface area contributed by atoms with Gasteiger partial charge in [0, 0.05) is 5.56 Å². The van der Waals surface area contributed by atoms with Crippen LogP contribution >= 0.6 is 23.2 Å². The van der Waals surface area contributed by atoms with Crippen LogP contribution in [-0.4, -0.2) is 5.11 Å². The van der Waals surface area contributed by atoms with Gasteiger partial charge in [-0.1, -0.05) is 30.1 Å². The van der Waals surface area contributed by atoms with Crippen molar-refractivity contribution in [2.75, 3.05) is 0 Å². The van der Waals surface area contributed by atoms with Crippen molar-refractivity contribution in [3.63, 3.8) is 0 Å². The third kappa shape index (κ3) is 1.63. The Bertz CT molecular complexity index is 316. The van der Waals surface area contributed by atoms with Gasteiger partial charge >= 0.3 is 0 Å². The first kappa shape index (κ1) is 10.7. The zero-order chi connectivity index (χ0) is 10.2. The van der Waals surface area contributed by atoms with E-state index in [2.05, 4.69) is 0 Å². The van der Waals surface area contributed by atoms with Crippen LogP contribution in [0.5, 0.6) is 5.75 Å². The Morgan fingerprint density at radius 2 is 1.62 bits per heavy atom. The van der Waals surface area contributed by atoms with Crippen LogP contribution in [0.25, 0.3) is 0 Å². The summed E-state index contributed by atoms with van der Waals surface area (Å²) in [6.45, 7) is 5.66. The van der Waals surface area contributed by atoms with Crippen molar-refractivity contribution in [3.8, 4) is 5.75 Å². The highest BCUT2D eigenvalue weighted by molar-refractivity contribution is 6.36. The van der Waals surface area contributed by atoms with Gasteiger partial charge in [-0.05, 0) is 31.4 Å². The third-order valence-electron chi connectivity index (χ3n) is 2.29. The normalized spacial score (nSPS) is 10.5. The summed E-state index contributed by atoms with van der Waals surface area (Å²) < 4.78 is 0. The van der Waals surface area contributed by atoms with E-state index in [4.69, 9.17) is 23.2 Å². The Morgan fingerprint density at radius 1 is 1.08 bits per heavy atom. The predicted octanol–water partition coefficient (Wildman–Crippen LogP) is 3.88. The lowest BCUT2D eigenvalue weighted by Gasteiger charge is -2.12. The van der Waals surface area contributed by atoms with E-state index in [9.17, 15) is 5.11 Å². The molecule has 0 aliphatic heterocycles. The minimum absolute atomic E-state index is 0.106. The average Bonchev–Trinajstić information content (AvgIpc) is 2.13. The van der Waals surface area contributed by atoms with Gasteiger partial charge in [0.15, 0.2) is 0 Å². The van der Waals surface area contributed by atoms with Crippen molar-refractivity contribution >= 4 is 23.2 Å². The molecule has 1 nitrogen and oxygen atoms in total. The van der Waals surface area contributed by atoms with Crippen molar-refractivity contribution in [2.24, 2.45) is 0 Å². The number of hydrogen-bond donors (Lipinski definition) is 1. The van der Waals surface area contributed by atoms with Gasteiger partial charge in [0.2, 0.25) is 0 Å². The molecule has 13 heavy (non-hydrogen) atoms. The first-order chi connectivity index (χ1) is 6.00. The molecule has 72 valence electrons. The molecule has 0 bridgehead atoms. The van der Waals surface area contributed by atoms with Gasteiger partial charge in [-0.15, -0.1) is 0 Å². The standard InChI is InChI=1S/C10H12Cl2O/c1-4-7-5(2)8(11)6(3)10(13)9(7)12/h13H,4H2,1-3H3. The third-order valence-corrected chi connectivity index (χ3v) is 3.27. The molecule has 1 N–H and O–H groups in total. The topological polar surface area (TPSA) is 20.2 Å². The first-order valence-corrected chi connectivity index (χ1v) is 4.92. The second-order valence-electron chi connectivity index (χ2n) is 3.06. The Balaban J connectivity index is 3.56. The maximum absolute atomic E-state index is 9.61. The minimum Gasteiger partial charge on any atom is -0.506 e. The molecule has 3 heteroatoms. The van der Waals surface area contributed by atoms with E-state index in [-0.39, 0.29) is 5.75 Å². The second kappa shape index (κ2) is 3.77. The zero-order valence-corrected chi connectivity index (χ0v) is 9.42. The molecule has 1 aromatic carbocycles. The smallest absolute Gasteiger partial charge is 0.138 e. The van der Waals surface area contributed by atoms with Gasteiger partial charge in [0.25, 0.3) is 0 Å². The number of phenols is 1. The van der Waals surface area contributed by atoms with Crippen LogP contribution < -0.4 is 0 Å². The molecule has 0 amide bonds. The summed E-state index contributed by atoms with van der Waals surface area (Å²) in [5.74, 6) is 0.106. The Hall–Kier alpha value is -0.400. The first-order valence-electron chi connectivity index (χ1n) is 4.16. The monoisotopic (exact) mass is 218 g/mol. The highest BCUT2D eigenvalue weighted by atomic mass is 35.5. The summed E-state index contributed by atoms with van der Waals surface area (Å²) in [6.07, 6.45) is 0.776. The summed E-state index contributed by atoms with van der Waals surface area (Å²) in [5, 5.41) is 10.6. The molecule has 0 aliphatic carbocycles. The molecule has 0 aromatic heterocycles. The van der Waals surface area contributed by atoms with E-state index in [1.165, 1.54) is 0 Å². The van der Waals surface area contributed by atoms with Gasteiger partial charge in [0.1, 0.15) is 5.75 Å². The fourth-order valence-corrected chi connectivity index (χ4v) is 2.03. The van der Waals surface area contributed by atoms with Crippen LogP contribution in [0.4, 0.5) is 0 Å². The lowest BCUT2D eigenvalue weighted by atomic mass is 10.0. The highest BCUT2D eigenvalue weighted by Gasteiger charge is 2.15. The van der Waals surface area contributed by atoms with Gasteiger partial charge in [-0.3, -0.25) is 0 Å². The lowest BCUT2D eigenvalue weighted by Crippen LogP contribution is -1.93. The lowest BCUT2D eigenvalue weighted by molar-refractivity contribution is 0.470. The summed E-state index contributed by atoms with van der Waals surface area (Å²) in [4.78, 5) is 0. The summed E-state index contributed by atoms with van der Waals surface area (Å²) in [5.41, 5.74) is 2.54. The Morgan fingerprint density at radius 3 is 2.08 bits per heavy atom. The van der Waals surface area contributed by atoms with Crippen LogP contribution in [0, 0.1) is 13.8 Å². The van der Waals surface area contributed by atoms with Crippen molar-refractivity contribution in [1.29, 1.82) is 0 Å². The molecule has 0 unspecified atom stereocenters. The summed E-state index contributed by atoms with van der Waals surface area (Å²) in [7, 11) is 0. The molecule has 0 saturated carbocycles. The van der Waals surface area contributed by atoms with E-state index in [0.29, 0.717) is 15.6 Å². The van der Waals surface area contributed by atoms with Crippen LogP contribution in [0.2, 0.25) is 10.0 Å². The molecule has 0 fully saturated rings. The molecule has 0 aliphatic rings. The molecular weight excluding hydrogens is 207 g/mol. The Kier molecular flexibility index (Phi) is 3.09. The molecule has 0 radical (unpaired) electrons. The maximum atomic E-state index is 9.61. The average molecular weight is 219 g/mol. The van der Waals surface area contributed by atoms with Crippen molar-refractivity contribution in [1.82, 2.24) is 0 Å². The van der Waals surface area contributed by atoms with E-state index < -0.39 is 0 Å². The molecular formula is C10H12Cl2O. The number of rotatable bonds is 1. The molecule has 1 aromatic rings. The SMILES string of the molecule is CCc1c(C)c(Cl)c(C)c(O)c1Cl. The largest absolute Gasteiger partial charge is 0.506 e. The van der Waals surface area contributed by atoms with Crippen molar-refractivity contribution in [3.05, 3.63) is 26.7 Å².